The Morgan fingerprint density at radius 2 is 1.61 bits per heavy atom. The summed E-state index contributed by atoms with van der Waals surface area (Å²) in [5, 5.41) is 0. The lowest BCUT2D eigenvalue weighted by Crippen LogP contribution is -2.09. The van der Waals surface area contributed by atoms with E-state index in [2.05, 4.69) is 4.98 Å². The number of aromatic amines is 1. The van der Waals surface area contributed by atoms with Gasteiger partial charge in [0.25, 0.3) is 5.56 Å². The zero-order chi connectivity index (χ0) is 13.3. The molecule has 94 valence electrons. The number of benzene rings is 1. The summed E-state index contributed by atoms with van der Waals surface area (Å²) in [6.07, 6.45) is -3.16. The van der Waals surface area contributed by atoms with E-state index in [1.165, 1.54) is 18.3 Å². The molecule has 0 fully saturated rings. The van der Waals surface area contributed by atoms with Crippen LogP contribution in [0.25, 0.3) is 11.1 Å². The van der Waals surface area contributed by atoms with Crippen LogP contribution in [0.2, 0.25) is 0 Å². The highest BCUT2D eigenvalue weighted by molar-refractivity contribution is 5.62. The van der Waals surface area contributed by atoms with E-state index >= 15 is 0 Å². The van der Waals surface area contributed by atoms with Crippen molar-refractivity contribution in [2.24, 2.45) is 0 Å². The third kappa shape index (κ3) is 2.42. The monoisotopic (exact) mass is 257 g/mol. The number of rotatable bonds is 1. The van der Waals surface area contributed by atoms with Crippen LogP contribution in [0.5, 0.6) is 0 Å². The van der Waals surface area contributed by atoms with Crippen molar-refractivity contribution in [3.63, 3.8) is 0 Å². The molecule has 0 saturated heterocycles. The average Bonchev–Trinajstić information content (AvgIpc) is 2.32. The molecule has 0 unspecified atom stereocenters. The summed E-state index contributed by atoms with van der Waals surface area (Å²) in [5.74, 6) is -0.979. The second kappa shape index (κ2) is 4.29. The Hall–Kier alpha value is -2.11. The number of halogens is 4. The normalized spacial score (nSPS) is 11.6. The molecule has 6 heteroatoms. The number of alkyl halides is 3. The summed E-state index contributed by atoms with van der Waals surface area (Å²) in [6.45, 7) is 0. The Morgan fingerprint density at radius 1 is 1.00 bits per heavy atom. The van der Waals surface area contributed by atoms with Crippen LogP contribution in [0.1, 0.15) is 5.56 Å². The van der Waals surface area contributed by atoms with Crippen molar-refractivity contribution in [2.75, 3.05) is 0 Å². The Morgan fingerprint density at radius 3 is 2.11 bits per heavy atom. The fraction of sp³-hybridized carbons (Fsp3) is 0.0833. The van der Waals surface area contributed by atoms with Gasteiger partial charge < -0.3 is 4.98 Å². The Bertz CT molecular complexity index is 613. The predicted molar refractivity (Wildman–Crippen MR) is 57.5 cm³/mol. The maximum atomic E-state index is 13.0. The van der Waals surface area contributed by atoms with Gasteiger partial charge in [-0.2, -0.15) is 13.2 Å². The van der Waals surface area contributed by atoms with E-state index in [4.69, 9.17) is 0 Å². The molecule has 0 radical (unpaired) electrons. The predicted octanol–water partition coefficient (Wildman–Crippen LogP) is 3.20. The van der Waals surface area contributed by atoms with Gasteiger partial charge in [0, 0.05) is 11.8 Å². The van der Waals surface area contributed by atoms with Gasteiger partial charge in [0.15, 0.2) is 5.82 Å². The minimum Gasteiger partial charge on any atom is -0.326 e. The van der Waals surface area contributed by atoms with Gasteiger partial charge in [0.2, 0.25) is 0 Å². The van der Waals surface area contributed by atoms with Crippen molar-refractivity contribution in [1.82, 2.24) is 4.98 Å². The molecule has 0 aliphatic carbocycles. The molecule has 2 nitrogen and oxygen atoms in total. The van der Waals surface area contributed by atoms with Crippen molar-refractivity contribution in [2.45, 2.75) is 6.18 Å². The zero-order valence-corrected chi connectivity index (χ0v) is 8.88. The minimum atomic E-state index is -4.41. The number of hydrogen-bond donors (Lipinski definition) is 1. The summed E-state index contributed by atoms with van der Waals surface area (Å²) in [5.41, 5.74) is -0.958. The Kier molecular flexibility index (Phi) is 2.94. The molecule has 0 saturated carbocycles. The number of H-pyrrole nitrogens is 1. The molecule has 1 heterocycles. The van der Waals surface area contributed by atoms with Crippen LogP contribution in [0.15, 0.2) is 41.3 Å². The van der Waals surface area contributed by atoms with Crippen LogP contribution in [-0.4, -0.2) is 4.98 Å². The van der Waals surface area contributed by atoms with E-state index in [0.717, 1.165) is 18.2 Å². The highest BCUT2D eigenvalue weighted by atomic mass is 19.4. The van der Waals surface area contributed by atoms with E-state index < -0.39 is 23.1 Å². The van der Waals surface area contributed by atoms with Crippen molar-refractivity contribution in [3.05, 3.63) is 58.3 Å². The third-order valence-corrected chi connectivity index (χ3v) is 2.40. The second-order valence-electron chi connectivity index (χ2n) is 3.64. The highest BCUT2D eigenvalue weighted by Crippen LogP contribution is 2.30. The molecular formula is C12H7F4NO. The van der Waals surface area contributed by atoms with Crippen LogP contribution in [0.3, 0.4) is 0 Å². The number of aromatic nitrogens is 1. The first-order chi connectivity index (χ1) is 8.38. The number of pyridine rings is 1. The van der Waals surface area contributed by atoms with E-state index in [1.807, 2.05) is 0 Å². The summed E-state index contributed by atoms with van der Waals surface area (Å²) >= 11 is 0. The lowest BCUT2D eigenvalue weighted by Gasteiger charge is -2.07. The maximum absolute atomic E-state index is 13.0. The molecule has 0 aliphatic heterocycles. The first-order valence-corrected chi connectivity index (χ1v) is 4.94. The average molecular weight is 257 g/mol. The molecule has 18 heavy (non-hydrogen) atoms. The summed E-state index contributed by atoms with van der Waals surface area (Å²) in [4.78, 5) is 13.0. The largest absolute Gasteiger partial charge is 0.416 e. The van der Waals surface area contributed by atoms with Gasteiger partial charge in [-0.05, 0) is 23.8 Å². The van der Waals surface area contributed by atoms with Crippen LogP contribution in [0.4, 0.5) is 17.6 Å². The molecule has 0 atom stereocenters. The molecular weight excluding hydrogens is 250 g/mol. The lowest BCUT2D eigenvalue weighted by molar-refractivity contribution is -0.137. The van der Waals surface area contributed by atoms with Gasteiger partial charge in [0.05, 0.1) is 5.56 Å². The van der Waals surface area contributed by atoms with Crippen LogP contribution in [-0.2, 0) is 6.18 Å². The first kappa shape index (κ1) is 12.3. The highest BCUT2D eigenvalue weighted by Gasteiger charge is 2.29. The van der Waals surface area contributed by atoms with E-state index in [0.29, 0.717) is 11.1 Å². The third-order valence-electron chi connectivity index (χ3n) is 2.40. The molecule has 2 rings (SSSR count). The van der Waals surface area contributed by atoms with Crippen molar-refractivity contribution in [1.29, 1.82) is 0 Å². The summed E-state index contributed by atoms with van der Waals surface area (Å²) in [6, 6.07) is 5.21. The molecule has 0 aliphatic rings. The van der Waals surface area contributed by atoms with Crippen molar-refractivity contribution in [3.8, 4) is 11.1 Å². The fourth-order valence-electron chi connectivity index (χ4n) is 1.47. The molecule has 0 spiro atoms. The van der Waals surface area contributed by atoms with Gasteiger partial charge >= 0.3 is 6.18 Å². The van der Waals surface area contributed by atoms with Gasteiger partial charge in [-0.1, -0.05) is 12.1 Å². The summed E-state index contributed by atoms with van der Waals surface area (Å²) in [7, 11) is 0. The standard InChI is InChI=1S/C12H7F4NO/c13-10-5-8(6-17-11(10)18)7-1-3-9(4-2-7)12(14,15)16/h1-6H,(H,17,18). The molecule has 1 aromatic carbocycles. The maximum Gasteiger partial charge on any atom is 0.416 e. The first-order valence-electron chi connectivity index (χ1n) is 4.94. The topological polar surface area (TPSA) is 32.9 Å². The van der Waals surface area contributed by atoms with Crippen LogP contribution >= 0.6 is 0 Å². The lowest BCUT2D eigenvalue weighted by atomic mass is 10.1. The van der Waals surface area contributed by atoms with E-state index in [9.17, 15) is 22.4 Å². The number of hydrogen-bond acceptors (Lipinski definition) is 1. The van der Waals surface area contributed by atoms with E-state index in [-0.39, 0.29) is 0 Å². The Labute approximate surface area is 98.9 Å². The number of nitrogens with one attached hydrogen (secondary N) is 1. The molecule has 0 amide bonds. The zero-order valence-electron chi connectivity index (χ0n) is 8.88. The van der Waals surface area contributed by atoms with Crippen LogP contribution < -0.4 is 5.56 Å². The molecule has 1 aromatic heterocycles. The fourth-order valence-corrected chi connectivity index (χ4v) is 1.47. The van der Waals surface area contributed by atoms with Crippen molar-refractivity contribution < 1.29 is 17.6 Å². The molecule has 0 bridgehead atoms. The van der Waals surface area contributed by atoms with Gasteiger partial charge in [0.1, 0.15) is 0 Å². The summed E-state index contributed by atoms with van der Waals surface area (Å²) < 4.78 is 50.0. The van der Waals surface area contributed by atoms with Gasteiger partial charge in [-0.15, -0.1) is 0 Å². The van der Waals surface area contributed by atoms with Crippen molar-refractivity contribution >= 4 is 0 Å². The minimum absolute atomic E-state index is 0.306. The van der Waals surface area contributed by atoms with E-state index in [1.54, 1.807) is 0 Å². The van der Waals surface area contributed by atoms with Gasteiger partial charge in [-0.25, -0.2) is 4.39 Å². The molecule has 1 N–H and O–H groups in total. The van der Waals surface area contributed by atoms with Gasteiger partial charge in [-0.3, -0.25) is 4.79 Å². The smallest absolute Gasteiger partial charge is 0.326 e. The molecule has 2 aromatic rings. The quantitative estimate of drug-likeness (QED) is 0.782. The SMILES string of the molecule is O=c1[nH]cc(-c2ccc(C(F)(F)F)cc2)cc1F. The Balaban J connectivity index is 2.40. The second-order valence-corrected chi connectivity index (χ2v) is 3.64. The van der Waals surface area contributed by atoms with Crippen LogP contribution in [0, 0.1) is 5.82 Å².